The Hall–Kier alpha value is -3.85. The van der Waals surface area contributed by atoms with Crippen LogP contribution in [0.15, 0.2) is 97.1 Å². The fourth-order valence-electron chi connectivity index (χ4n) is 4.07. The van der Waals surface area contributed by atoms with E-state index in [1.165, 1.54) is 0 Å². The van der Waals surface area contributed by atoms with Gasteiger partial charge in [0.2, 0.25) is 0 Å². The van der Waals surface area contributed by atoms with Crippen molar-refractivity contribution >= 4 is 5.91 Å². The maximum atomic E-state index is 13.9. The summed E-state index contributed by atoms with van der Waals surface area (Å²) in [5.41, 5.74) is 6.33. The summed E-state index contributed by atoms with van der Waals surface area (Å²) < 4.78 is 0. The highest BCUT2D eigenvalue weighted by molar-refractivity contribution is 6.00. The third-order valence-electron chi connectivity index (χ3n) is 5.67. The molecule has 0 aliphatic heterocycles. The third kappa shape index (κ3) is 4.73. The summed E-state index contributed by atoms with van der Waals surface area (Å²) in [5.74, 6) is 0.292. The molecule has 3 heteroatoms. The lowest BCUT2D eigenvalue weighted by Gasteiger charge is -2.25. The predicted molar refractivity (Wildman–Crippen MR) is 129 cm³/mol. The Labute approximate surface area is 189 Å². The maximum Gasteiger partial charge on any atom is 0.255 e. The van der Waals surface area contributed by atoms with Crippen molar-refractivity contribution in [1.29, 1.82) is 0 Å². The number of carbonyl (C=O) groups is 1. The molecule has 0 radical (unpaired) electrons. The molecule has 4 aromatic carbocycles. The predicted octanol–water partition coefficient (Wildman–Crippen LogP) is 6.52. The number of amides is 1. The molecule has 0 saturated heterocycles. The van der Waals surface area contributed by atoms with Crippen LogP contribution in [0.3, 0.4) is 0 Å². The summed E-state index contributed by atoms with van der Waals surface area (Å²) in [7, 11) is 0. The lowest BCUT2D eigenvalue weighted by Crippen LogP contribution is -2.30. The minimum Gasteiger partial charge on any atom is -0.507 e. The van der Waals surface area contributed by atoms with Crippen molar-refractivity contribution in [2.45, 2.75) is 26.9 Å². The Morgan fingerprint density at radius 1 is 0.719 bits per heavy atom. The highest BCUT2D eigenvalue weighted by atomic mass is 16.3. The van der Waals surface area contributed by atoms with Gasteiger partial charge in [0.25, 0.3) is 5.91 Å². The molecule has 160 valence electrons. The van der Waals surface area contributed by atoms with Gasteiger partial charge in [0.1, 0.15) is 5.75 Å². The molecule has 0 fully saturated rings. The van der Waals surface area contributed by atoms with Gasteiger partial charge >= 0.3 is 0 Å². The number of phenols is 1. The topological polar surface area (TPSA) is 40.5 Å². The fraction of sp³-hybridized carbons (Fsp3) is 0.138. The number of nitrogens with zero attached hydrogens (tertiary/aromatic N) is 1. The zero-order valence-corrected chi connectivity index (χ0v) is 18.5. The zero-order chi connectivity index (χ0) is 22.5. The van der Waals surface area contributed by atoms with E-state index in [0.717, 1.165) is 33.4 Å². The van der Waals surface area contributed by atoms with E-state index < -0.39 is 0 Å². The molecule has 1 N–H and O–H groups in total. The molecule has 0 spiro atoms. The van der Waals surface area contributed by atoms with Crippen LogP contribution in [0.4, 0.5) is 0 Å². The number of aryl methyl sites for hydroxylation is 2. The number of benzene rings is 4. The van der Waals surface area contributed by atoms with Gasteiger partial charge in [-0.25, -0.2) is 0 Å². The van der Waals surface area contributed by atoms with E-state index in [1.54, 1.807) is 0 Å². The second-order valence-electron chi connectivity index (χ2n) is 8.14. The van der Waals surface area contributed by atoms with Gasteiger partial charge in [0.05, 0.1) is 0 Å². The minimum absolute atomic E-state index is 0.0170. The monoisotopic (exact) mass is 421 g/mol. The molecule has 32 heavy (non-hydrogen) atoms. The van der Waals surface area contributed by atoms with Crippen LogP contribution < -0.4 is 0 Å². The Kier molecular flexibility index (Phi) is 6.37. The number of hydrogen-bond donors (Lipinski definition) is 1. The van der Waals surface area contributed by atoms with Gasteiger partial charge in [0, 0.05) is 18.7 Å². The summed E-state index contributed by atoms with van der Waals surface area (Å²) in [6.45, 7) is 4.74. The van der Waals surface area contributed by atoms with Gasteiger partial charge in [-0.15, -0.1) is 0 Å². The first-order valence-corrected chi connectivity index (χ1v) is 10.8. The highest BCUT2D eigenvalue weighted by Crippen LogP contribution is 2.27. The van der Waals surface area contributed by atoms with E-state index in [2.05, 4.69) is 0 Å². The summed E-state index contributed by atoms with van der Waals surface area (Å²) in [6.07, 6.45) is 0. The SMILES string of the molecule is Cc1cc(CN(Cc2ccccc2)C(=O)c2ccccc2-c2ccccc2)cc(C)c1O. The van der Waals surface area contributed by atoms with Crippen molar-refractivity contribution in [3.8, 4) is 16.9 Å². The quantitative estimate of drug-likeness (QED) is 0.385. The molecule has 0 heterocycles. The molecule has 3 nitrogen and oxygen atoms in total. The van der Waals surface area contributed by atoms with Crippen molar-refractivity contribution < 1.29 is 9.90 Å². The Balaban J connectivity index is 1.73. The molecule has 0 aromatic heterocycles. The smallest absolute Gasteiger partial charge is 0.255 e. The molecule has 0 aliphatic rings. The van der Waals surface area contributed by atoms with Crippen LogP contribution in [0.25, 0.3) is 11.1 Å². The average molecular weight is 422 g/mol. The summed E-state index contributed by atoms with van der Waals surface area (Å²) in [4.78, 5) is 15.7. The lowest BCUT2D eigenvalue weighted by atomic mass is 9.98. The molecular formula is C29H27NO2. The van der Waals surface area contributed by atoms with Crippen molar-refractivity contribution in [3.63, 3.8) is 0 Å². The first kappa shape index (κ1) is 21.4. The maximum absolute atomic E-state index is 13.9. The summed E-state index contributed by atoms with van der Waals surface area (Å²) >= 11 is 0. The summed E-state index contributed by atoms with van der Waals surface area (Å²) in [6, 6.07) is 31.7. The van der Waals surface area contributed by atoms with Crippen LogP contribution in [-0.2, 0) is 13.1 Å². The van der Waals surface area contributed by atoms with Crippen molar-refractivity contribution in [2.75, 3.05) is 0 Å². The normalized spacial score (nSPS) is 10.7. The van der Waals surface area contributed by atoms with Gasteiger partial charge in [-0.1, -0.05) is 91.0 Å². The van der Waals surface area contributed by atoms with Crippen LogP contribution in [0, 0.1) is 13.8 Å². The first-order valence-electron chi connectivity index (χ1n) is 10.8. The van der Waals surface area contributed by atoms with E-state index in [0.29, 0.717) is 24.4 Å². The number of carbonyl (C=O) groups excluding carboxylic acids is 1. The van der Waals surface area contributed by atoms with Crippen molar-refractivity contribution in [3.05, 3.63) is 125 Å². The molecule has 0 unspecified atom stereocenters. The second kappa shape index (κ2) is 9.52. The highest BCUT2D eigenvalue weighted by Gasteiger charge is 2.20. The van der Waals surface area contributed by atoms with E-state index in [4.69, 9.17) is 0 Å². The largest absolute Gasteiger partial charge is 0.507 e. The molecule has 0 saturated carbocycles. The molecular weight excluding hydrogens is 394 g/mol. The van der Waals surface area contributed by atoms with Crippen LogP contribution >= 0.6 is 0 Å². The number of phenolic OH excluding ortho intramolecular Hbond substituents is 1. The van der Waals surface area contributed by atoms with Crippen LogP contribution in [0.1, 0.15) is 32.6 Å². The minimum atomic E-state index is -0.0170. The van der Waals surface area contributed by atoms with Gasteiger partial charge in [-0.2, -0.15) is 0 Å². The van der Waals surface area contributed by atoms with Gasteiger partial charge in [0.15, 0.2) is 0 Å². The second-order valence-corrected chi connectivity index (χ2v) is 8.14. The fourth-order valence-corrected chi connectivity index (χ4v) is 4.07. The molecule has 0 atom stereocenters. The van der Waals surface area contributed by atoms with Crippen LogP contribution in [0.2, 0.25) is 0 Å². The van der Waals surface area contributed by atoms with Crippen molar-refractivity contribution in [1.82, 2.24) is 4.90 Å². The van der Waals surface area contributed by atoms with Crippen LogP contribution in [0.5, 0.6) is 5.75 Å². The Bertz CT molecular complexity index is 1190. The average Bonchev–Trinajstić information content (AvgIpc) is 2.83. The van der Waals surface area contributed by atoms with Crippen LogP contribution in [-0.4, -0.2) is 15.9 Å². The first-order chi connectivity index (χ1) is 15.5. The Morgan fingerprint density at radius 3 is 1.91 bits per heavy atom. The number of hydrogen-bond acceptors (Lipinski definition) is 2. The number of rotatable bonds is 6. The lowest BCUT2D eigenvalue weighted by molar-refractivity contribution is 0.0730. The Morgan fingerprint density at radius 2 is 1.25 bits per heavy atom. The van der Waals surface area contributed by atoms with Gasteiger partial charge in [-0.05, 0) is 53.3 Å². The molecule has 4 rings (SSSR count). The summed E-state index contributed by atoms with van der Waals surface area (Å²) in [5, 5.41) is 10.2. The standard InChI is InChI=1S/C29H27NO2/c1-21-17-24(18-22(2)28(21)31)20-30(19-23-11-5-3-6-12-23)29(32)27-16-10-9-15-26(27)25-13-7-4-8-14-25/h3-18,31H,19-20H2,1-2H3. The third-order valence-corrected chi connectivity index (χ3v) is 5.67. The zero-order valence-electron chi connectivity index (χ0n) is 18.5. The van der Waals surface area contributed by atoms with Gasteiger partial charge in [-0.3, -0.25) is 4.79 Å². The number of aromatic hydroxyl groups is 1. The van der Waals surface area contributed by atoms with E-state index in [9.17, 15) is 9.90 Å². The van der Waals surface area contributed by atoms with E-state index in [1.807, 2.05) is 116 Å². The van der Waals surface area contributed by atoms with Crippen molar-refractivity contribution in [2.24, 2.45) is 0 Å². The van der Waals surface area contributed by atoms with Gasteiger partial charge < -0.3 is 10.0 Å². The molecule has 0 bridgehead atoms. The molecule has 4 aromatic rings. The van der Waals surface area contributed by atoms with E-state index >= 15 is 0 Å². The van der Waals surface area contributed by atoms with E-state index in [-0.39, 0.29) is 5.91 Å². The molecule has 1 amide bonds. The molecule has 0 aliphatic carbocycles.